The zero-order valence-electron chi connectivity index (χ0n) is 12.1. The van der Waals surface area contributed by atoms with Crippen molar-refractivity contribution in [1.82, 2.24) is 9.62 Å². The number of piperidine rings is 1. The molecule has 3 N–H and O–H groups in total. The van der Waals surface area contributed by atoms with Gasteiger partial charge in [-0.15, -0.1) is 0 Å². The van der Waals surface area contributed by atoms with Gasteiger partial charge < -0.3 is 11.1 Å². The lowest BCUT2D eigenvalue weighted by molar-refractivity contribution is -0.125. The Bertz CT molecular complexity index is 446. The summed E-state index contributed by atoms with van der Waals surface area (Å²) in [6.07, 6.45) is 6.37. The average Bonchev–Trinajstić information content (AvgIpc) is 2.33. The first-order valence-electron chi connectivity index (χ1n) is 7.29. The summed E-state index contributed by atoms with van der Waals surface area (Å²) >= 11 is 0. The lowest BCUT2D eigenvalue weighted by Gasteiger charge is -2.41. The molecule has 1 saturated heterocycles. The van der Waals surface area contributed by atoms with Crippen molar-refractivity contribution < 1.29 is 13.2 Å². The second-order valence-electron chi connectivity index (χ2n) is 6.24. The van der Waals surface area contributed by atoms with Gasteiger partial charge in [0.25, 0.3) is 0 Å². The van der Waals surface area contributed by atoms with E-state index >= 15 is 0 Å². The lowest BCUT2D eigenvalue weighted by Crippen LogP contribution is -2.48. The maximum atomic E-state index is 12.1. The van der Waals surface area contributed by atoms with Crippen LogP contribution in [0.1, 0.15) is 38.5 Å². The van der Waals surface area contributed by atoms with Crippen LogP contribution in [0.5, 0.6) is 0 Å². The summed E-state index contributed by atoms with van der Waals surface area (Å²) in [5.41, 5.74) is 5.79. The van der Waals surface area contributed by atoms with Crippen molar-refractivity contribution in [3.63, 3.8) is 0 Å². The molecule has 1 aliphatic heterocycles. The monoisotopic (exact) mass is 303 g/mol. The molecule has 0 aromatic heterocycles. The number of hydrogen-bond acceptors (Lipinski definition) is 4. The van der Waals surface area contributed by atoms with Gasteiger partial charge in [-0.3, -0.25) is 4.79 Å². The van der Waals surface area contributed by atoms with Crippen molar-refractivity contribution in [3.05, 3.63) is 0 Å². The number of hydrogen-bond donors (Lipinski definition) is 2. The molecule has 2 rings (SSSR count). The third kappa shape index (κ3) is 3.71. The second kappa shape index (κ2) is 5.99. The fourth-order valence-corrected chi connectivity index (χ4v) is 3.96. The minimum Gasteiger partial charge on any atom is -0.353 e. The van der Waals surface area contributed by atoms with Crippen molar-refractivity contribution in [3.8, 4) is 0 Å². The lowest BCUT2D eigenvalue weighted by atomic mass is 9.66. The predicted octanol–water partition coefficient (Wildman–Crippen LogP) is 0.0457. The summed E-state index contributed by atoms with van der Waals surface area (Å²) in [6, 6.07) is 0.0930. The minimum absolute atomic E-state index is 0.0253. The number of amides is 1. The Kier molecular flexibility index (Phi) is 4.71. The average molecular weight is 303 g/mol. The highest BCUT2D eigenvalue weighted by molar-refractivity contribution is 7.88. The maximum Gasteiger partial charge on any atom is 0.220 e. The summed E-state index contributed by atoms with van der Waals surface area (Å²) < 4.78 is 24.3. The Balaban J connectivity index is 1.76. The summed E-state index contributed by atoms with van der Waals surface area (Å²) in [5.74, 6) is 0.0629. The highest BCUT2D eigenvalue weighted by Crippen LogP contribution is 2.42. The maximum absolute atomic E-state index is 12.1. The van der Waals surface area contributed by atoms with Gasteiger partial charge in [0.15, 0.2) is 0 Å². The summed E-state index contributed by atoms with van der Waals surface area (Å²) in [5, 5.41) is 3.03. The van der Waals surface area contributed by atoms with Crippen molar-refractivity contribution >= 4 is 15.9 Å². The van der Waals surface area contributed by atoms with E-state index in [2.05, 4.69) is 5.32 Å². The van der Waals surface area contributed by atoms with E-state index in [-0.39, 0.29) is 17.4 Å². The van der Waals surface area contributed by atoms with Crippen molar-refractivity contribution in [1.29, 1.82) is 0 Å². The normalized spacial score (nSPS) is 24.1. The largest absolute Gasteiger partial charge is 0.353 e. The Morgan fingerprint density at radius 2 is 1.95 bits per heavy atom. The van der Waals surface area contributed by atoms with Gasteiger partial charge in [0.1, 0.15) is 0 Å². The molecular formula is C13H25N3O3S. The second-order valence-corrected chi connectivity index (χ2v) is 8.22. The van der Waals surface area contributed by atoms with Crippen LogP contribution in [-0.2, 0) is 14.8 Å². The highest BCUT2D eigenvalue weighted by atomic mass is 32.2. The van der Waals surface area contributed by atoms with Crippen LogP contribution >= 0.6 is 0 Å². The molecule has 1 heterocycles. The number of nitrogens with two attached hydrogens (primary N) is 1. The number of nitrogens with zero attached hydrogens (tertiary/aromatic N) is 1. The van der Waals surface area contributed by atoms with Crippen LogP contribution in [0.25, 0.3) is 0 Å². The van der Waals surface area contributed by atoms with Crippen LogP contribution < -0.4 is 11.1 Å². The van der Waals surface area contributed by atoms with Gasteiger partial charge in [-0.1, -0.05) is 6.42 Å². The van der Waals surface area contributed by atoms with E-state index in [0.29, 0.717) is 38.9 Å². The van der Waals surface area contributed by atoms with E-state index in [1.807, 2.05) is 0 Å². The number of carbonyl (C=O) groups is 1. The molecule has 2 fully saturated rings. The van der Waals surface area contributed by atoms with Crippen LogP contribution in [-0.4, -0.2) is 50.6 Å². The molecule has 1 saturated carbocycles. The van der Waals surface area contributed by atoms with E-state index in [4.69, 9.17) is 5.73 Å². The Morgan fingerprint density at radius 3 is 2.35 bits per heavy atom. The fourth-order valence-electron chi connectivity index (χ4n) is 3.08. The molecule has 0 spiro atoms. The van der Waals surface area contributed by atoms with Gasteiger partial charge in [0, 0.05) is 25.6 Å². The Morgan fingerprint density at radius 1 is 1.35 bits per heavy atom. The molecule has 0 aromatic rings. The molecule has 0 atom stereocenters. The quantitative estimate of drug-likeness (QED) is 0.750. The first kappa shape index (κ1) is 15.7. The minimum atomic E-state index is -3.10. The van der Waals surface area contributed by atoms with Gasteiger partial charge in [0.05, 0.1) is 6.26 Å². The predicted molar refractivity (Wildman–Crippen MR) is 77.5 cm³/mol. The van der Waals surface area contributed by atoms with E-state index in [1.54, 1.807) is 0 Å². The molecule has 2 aliphatic rings. The van der Waals surface area contributed by atoms with Gasteiger partial charge in [-0.2, -0.15) is 0 Å². The zero-order chi connectivity index (χ0) is 14.8. The van der Waals surface area contributed by atoms with Crippen LogP contribution in [0.2, 0.25) is 0 Å². The standard InChI is InChI=1S/C13H25N3O3S/c1-20(18,19)16-7-3-11(4-8-16)15-12(17)9-13(10-14)5-2-6-13/h11H,2-10,14H2,1H3,(H,15,17). The van der Waals surface area contributed by atoms with Crippen molar-refractivity contribution in [2.75, 3.05) is 25.9 Å². The molecule has 0 unspecified atom stereocenters. The first-order valence-corrected chi connectivity index (χ1v) is 9.14. The smallest absolute Gasteiger partial charge is 0.220 e. The van der Waals surface area contributed by atoms with Crippen molar-refractivity contribution in [2.45, 2.75) is 44.6 Å². The molecule has 20 heavy (non-hydrogen) atoms. The summed E-state index contributed by atoms with van der Waals surface area (Å²) in [6.45, 7) is 1.56. The molecule has 0 radical (unpaired) electrons. The molecule has 6 nitrogen and oxygen atoms in total. The van der Waals surface area contributed by atoms with Crippen LogP contribution in [0, 0.1) is 5.41 Å². The molecule has 7 heteroatoms. The van der Waals surface area contributed by atoms with Crippen molar-refractivity contribution in [2.24, 2.45) is 11.1 Å². The molecule has 0 aromatic carbocycles. The topological polar surface area (TPSA) is 92.5 Å². The van der Waals surface area contributed by atoms with Gasteiger partial charge in [-0.05, 0) is 37.6 Å². The van der Waals surface area contributed by atoms with Crippen LogP contribution in [0.3, 0.4) is 0 Å². The molecule has 0 bridgehead atoms. The van der Waals surface area contributed by atoms with Gasteiger partial charge in [-0.25, -0.2) is 12.7 Å². The van der Waals surface area contributed by atoms with Gasteiger partial charge in [0.2, 0.25) is 15.9 Å². The third-order valence-corrected chi connectivity index (χ3v) is 5.97. The zero-order valence-corrected chi connectivity index (χ0v) is 12.9. The van der Waals surface area contributed by atoms with E-state index in [9.17, 15) is 13.2 Å². The molecule has 1 amide bonds. The van der Waals surface area contributed by atoms with Gasteiger partial charge >= 0.3 is 0 Å². The van der Waals surface area contributed by atoms with E-state index in [1.165, 1.54) is 10.6 Å². The number of sulfonamides is 1. The molecule has 1 aliphatic carbocycles. The SMILES string of the molecule is CS(=O)(=O)N1CCC(NC(=O)CC2(CN)CCC2)CC1. The number of nitrogens with one attached hydrogen (secondary N) is 1. The van der Waals surface area contributed by atoms with E-state index in [0.717, 1.165) is 19.3 Å². The summed E-state index contributed by atoms with van der Waals surface area (Å²) in [7, 11) is -3.10. The Labute approximate surface area is 121 Å². The van der Waals surface area contributed by atoms with Crippen LogP contribution in [0.4, 0.5) is 0 Å². The van der Waals surface area contributed by atoms with E-state index < -0.39 is 10.0 Å². The van der Waals surface area contributed by atoms with Crippen LogP contribution in [0.15, 0.2) is 0 Å². The third-order valence-electron chi connectivity index (χ3n) is 4.67. The highest BCUT2D eigenvalue weighted by Gasteiger charge is 2.38. The summed E-state index contributed by atoms with van der Waals surface area (Å²) in [4.78, 5) is 12.1. The Hall–Kier alpha value is -0.660. The number of carbonyl (C=O) groups excluding carboxylic acids is 1. The number of rotatable bonds is 5. The first-order chi connectivity index (χ1) is 9.35. The molecule has 116 valence electrons. The fraction of sp³-hybridized carbons (Fsp3) is 0.923. The molecular weight excluding hydrogens is 278 g/mol.